The number of hydrogen-bond acceptors (Lipinski definition) is 4. The van der Waals surface area contributed by atoms with Gasteiger partial charge in [0.2, 0.25) is 5.91 Å². The summed E-state index contributed by atoms with van der Waals surface area (Å²) in [4.78, 5) is 15.0. The summed E-state index contributed by atoms with van der Waals surface area (Å²) in [5.74, 6) is -0.262. The largest absolute Gasteiger partial charge is 0.416 e. The molecule has 2 aromatic carbocycles. The van der Waals surface area contributed by atoms with Gasteiger partial charge in [0.25, 0.3) is 0 Å². The Morgan fingerprint density at radius 2 is 1.82 bits per heavy atom. The number of halogens is 3. The fraction of sp³-hybridized carbons (Fsp3) is 0.350. The second-order valence-corrected chi connectivity index (χ2v) is 7.84. The first-order chi connectivity index (χ1) is 13.3. The summed E-state index contributed by atoms with van der Waals surface area (Å²) in [6.07, 6.45) is -4.40. The first-order valence-electron chi connectivity index (χ1n) is 8.90. The number of thioether (sulfide) groups is 1. The van der Waals surface area contributed by atoms with Gasteiger partial charge in [-0.1, -0.05) is 6.07 Å². The van der Waals surface area contributed by atoms with Crippen LogP contribution in [0.5, 0.6) is 0 Å². The summed E-state index contributed by atoms with van der Waals surface area (Å²) in [5, 5.41) is 2.27. The van der Waals surface area contributed by atoms with Gasteiger partial charge >= 0.3 is 6.18 Å². The second-order valence-electron chi connectivity index (χ2n) is 6.42. The van der Waals surface area contributed by atoms with Crippen LogP contribution in [0.2, 0.25) is 0 Å². The number of amides is 1. The first kappa shape index (κ1) is 20.5. The third-order valence-electron chi connectivity index (χ3n) is 4.35. The predicted molar refractivity (Wildman–Crippen MR) is 105 cm³/mol. The van der Waals surface area contributed by atoms with Crippen LogP contribution in [-0.2, 0) is 15.7 Å². The highest BCUT2D eigenvalue weighted by Crippen LogP contribution is 2.33. The molecular formula is C20H21F3N2O2S. The maximum atomic E-state index is 12.8. The quantitative estimate of drug-likeness (QED) is 0.728. The molecule has 8 heteroatoms. The van der Waals surface area contributed by atoms with E-state index < -0.39 is 17.0 Å². The van der Waals surface area contributed by atoms with Crippen molar-refractivity contribution in [3.63, 3.8) is 0 Å². The summed E-state index contributed by atoms with van der Waals surface area (Å²) < 4.78 is 43.8. The maximum Gasteiger partial charge on any atom is 0.416 e. The minimum Gasteiger partial charge on any atom is -0.378 e. The van der Waals surface area contributed by atoms with E-state index in [4.69, 9.17) is 4.74 Å². The molecular weight excluding hydrogens is 389 g/mol. The Balaban J connectivity index is 1.58. The van der Waals surface area contributed by atoms with E-state index in [2.05, 4.69) is 10.2 Å². The Labute approximate surface area is 166 Å². The topological polar surface area (TPSA) is 41.6 Å². The minimum absolute atomic E-state index is 0.262. The van der Waals surface area contributed by atoms with Crippen LogP contribution >= 0.6 is 11.8 Å². The van der Waals surface area contributed by atoms with Crippen molar-refractivity contribution in [1.29, 1.82) is 0 Å². The number of carbonyl (C=O) groups is 1. The fourth-order valence-corrected chi connectivity index (χ4v) is 3.75. The van der Waals surface area contributed by atoms with Crippen LogP contribution in [0.3, 0.4) is 0 Å². The Bertz CT molecular complexity index is 806. The Morgan fingerprint density at radius 1 is 1.14 bits per heavy atom. The molecule has 1 aliphatic heterocycles. The zero-order valence-electron chi connectivity index (χ0n) is 15.3. The van der Waals surface area contributed by atoms with Crippen molar-refractivity contribution in [3.05, 3.63) is 54.1 Å². The van der Waals surface area contributed by atoms with Crippen LogP contribution in [-0.4, -0.2) is 37.5 Å². The molecule has 1 unspecified atom stereocenters. The van der Waals surface area contributed by atoms with E-state index in [1.807, 2.05) is 24.3 Å². The van der Waals surface area contributed by atoms with Crippen molar-refractivity contribution >= 4 is 29.0 Å². The molecule has 150 valence electrons. The van der Waals surface area contributed by atoms with Crippen molar-refractivity contribution in [2.75, 3.05) is 36.5 Å². The smallest absolute Gasteiger partial charge is 0.378 e. The first-order valence-corrected chi connectivity index (χ1v) is 9.78. The van der Waals surface area contributed by atoms with Crippen molar-refractivity contribution in [2.24, 2.45) is 0 Å². The molecule has 28 heavy (non-hydrogen) atoms. The van der Waals surface area contributed by atoms with Crippen molar-refractivity contribution in [2.45, 2.75) is 23.2 Å². The van der Waals surface area contributed by atoms with Crippen molar-refractivity contribution < 1.29 is 22.7 Å². The molecule has 1 amide bonds. The van der Waals surface area contributed by atoms with E-state index in [0.29, 0.717) is 23.8 Å². The molecule has 0 radical (unpaired) electrons. The molecule has 1 fully saturated rings. The van der Waals surface area contributed by atoms with Crippen LogP contribution < -0.4 is 10.2 Å². The maximum absolute atomic E-state index is 12.8. The van der Waals surface area contributed by atoms with E-state index in [1.165, 1.54) is 6.07 Å². The molecule has 1 aliphatic rings. The molecule has 1 N–H and O–H groups in total. The van der Waals surface area contributed by atoms with Gasteiger partial charge in [-0.2, -0.15) is 13.2 Å². The summed E-state index contributed by atoms with van der Waals surface area (Å²) >= 11 is 1.09. The Morgan fingerprint density at radius 3 is 2.46 bits per heavy atom. The minimum atomic E-state index is -4.40. The SMILES string of the molecule is CC(Sc1cccc(C(F)(F)F)c1)C(=O)Nc1ccc(N2CCOCC2)cc1. The van der Waals surface area contributed by atoms with Gasteiger partial charge in [-0.15, -0.1) is 11.8 Å². The molecule has 0 aromatic heterocycles. The number of anilines is 2. The molecule has 1 heterocycles. The number of alkyl halides is 3. The normalized spacial score (nSPS) is 15.9. The van der Waals surface area contributed by atoms with Gasteiger partial charge in [0.1, 0.15) is 0 Å². The van der Waals surface area contributed by atoms with Gasteiger partial charge in [0.05, 0.1) is 24.0 Å². The summed E-state index contributed by atoms with van der Waals surface area (Å²) in [7, 11) is 0. The van der Waals surface area contributed by atoms with E-state index in [-0.39, 0.29) is 5.91 Å². The lowest BCUT2D eigenvalue weighted by Gasteiger charge is -2.28. The average molecular weight is 410 g/mol. The van der Waals surface area contributed by atoms with Crippen LogP contribution in [0.4, 0.5) is 24.5 Å². The van der Waals surface area contributed by atoms with E-state index in [1.54, 1.807) is 13.0 Å². The number of nitrogens with zero attached hydrogens (tertiary/aromatic N) is 1. The summed E-state index contributed by atoms with van der Waals surface area (Å²) in [5.41, 5.74) is 0.995. The van der Waals surface area contributed by atoms with E-state index >= 15 is 0 Å². The molecule has 0 saturated carbocycles. The highest BCUT2D eigenvalue weighted by atomic mass is 32.2. The number of carbonyl (C=O) groups excluding carboxylic acids is 1. The van der Waals surface area contributed by atoms with E-state index in [9.17, 15) is 18.0 Å². The molecule has 1 atom stereocenters. The van der Waals surface area contributed by atoms with Gasteiger partial charge in [-0.3, -0.25) is 4.79 Å². The molecule has 0 bridgehead atoms. The Kier molecular flexibility index (Phi) is 6.51. The fourth-order valence-electron chi connectivity index (χ4n) is 2.82. The molecule has 4 nitrogen and oxygen atoms in total. The number of rotatable bonds is 5. The lowest BCUT2D eigenvalue weighted by molar-refractivity contribution is -0.137. The highest BCUT2D eigenvalue weighted by molar-refractivity contribution is 8.00. The lowest BCUT2D eigenvalue weighted by Crippen LogP contribution is -2.36. The lowest BCUT2D eigenvalue weighted by atomic mass is 10.2. The number of benzene rings is 2. The standard InChI is InChI=1S/C20H21F3N2O2S/c1-14(28-18-4-2-3-15(13-18)20(21,22)23)19(26)24-16-5-7-17(8-6-16)25-9-11-27-12-10-25/h2-8,13-14H,9-12H2,1H3,(H,24,26). The van der Waals surface area contributed by atoms with Crippen LogP contribution in [0, 0.1) is 0 Å². The second kappa shape index (κ2) is 8.87. The Hall–Kier alpha value is -2.19. The third-order valence-corrected chi connectivity index (χ3v) is 5.45. The highest BCUT2D eigenvalue weighted by Gasteiger charge is 2.30. The zero-order valence-corrected chi connectivity index (χ0v) is 16.1. The summed E-state index contributed by atoms with van der Waals surface area (Å²) in [6, 6.07) is 12.5. The van der Waals surface area contributed by atoms with Crippen LogP contribution in [0.1, 0.15) is 12.5 Å². The number of ether oxygens (including phenoxy) is 1. The monoisotopic (exact) mass is 410 g/mol. The molecule has 3 rings (SSSR count). The predicted octanol–water partition coefficient (Wildman–Crippen LogP) is 4.66. The molecule has 2 aromatic rings. The summed E-state index contributed by atoms with van der Waals surface area (Å²) in [6.45, 7) is 4.72. The van der Waals surface area contributed by atoms with Gasteiger partial charge in [-0.25, -0.2) is 0 Å². The van der Waals surface area contributed by atoms with Gasteiger partial charge in [0, 0.05) is 29.4 Å². The number of morpholine rings is 1. The van der Waals surface area contributed by atoms with Gasteiger partial charge < -0.3 is 15.0 Å². The number of nitrogens with one attached hydrogen (secondary N) is 1. The van der Waals surface area contributed by atoms with Crippen molar-refractivity contribution in [1.82, 2.24) is 0 Å². The third kappa shape index (κ3) is 5.42. The molecule has 0 spiro atoms. The van der Waals surface area contributed by atoms with Gasteiger partial charge in [0.15, 0.2) is 0 Å². The molecule has 0 aliphatic carbocycles. The number of hydrogen-bond donors (Lipinski definition) is 1. The van der Waals surface area contributed by atoms with Crippen LogP contribution in [0.15, 0.2) is 53.4 Å². The van der Waals surface area contributed by atoms with Crippen molar-refractivity contribution in [3.8, 4) is 0 Å². The van der Waals surface area contributed by atoms with Crippen LogP contribution in [0.25, 0.3) is 0 Å². The van der Waals surface area contributed by atoms with Gasteiger partial charge in [-0.05, 0) is 49.4 Å². The molecule has 1 saturated heterocycles. The zero-order chi connectivity index (χ0) is 20.1. The van der Waals surface area contributed by atoms with E-state index in [0.717, 1.165) is 42.7 Å². The average Bonchev–Trinajstić information content (AvgIpc) is 2.69.